The van der Waals surface area contributed by atoms with Gasteiger partial charge in [-0.1, -0.05) is 54.2 Å². The van der Waals surface area contributed by atoms with Crippen LogP contribution in [0.3, 0.4) is 0 Å². The quantitative estimate of drug-likeness (QED) is 0.205. The average molecular weight is 544 g/mol. The summed E-state index contributed by atoms with van der Waals surface area (Å²) in [4.78, 5) is 45.0. The Morgan fingerprint density at radius 1 is 1.00 bits per heavy atom. The van der Waals surface area contributed by atoms with E-state index in [1.807, 2.05) is 12.1 Å². The maximum absolute atomic E-state index is 13.5. The summed E-state index contributed by atoms with van der Waals surface area (Å²) >= 11 is 1.05. The van der Waals surface area contributed by atoms with Crippen molar-refractivity contribution in [1.29, 1.82) is 0 Å². The van der Waals surface area contributed by atoms with Crippen LogP contribution in [0.2, 0.25) is 0 Å². The Bertz CT molecular complexity index is 1640. The van der Waals surface area contributed by atoms with Crippen LogP contribution in [0, 0.1) is 0 Å². The standard InChI is InChI=1S/C28H22N4O6S/c1-36-23-14-13-18(16-24(23)37-2)15-21-26(34)31(19-9-5-3-6-10-19)28(29-21)39-17-22(33)25-27(35)38-30-32(25)20-11-7-4-8-12-20/h3-16H,17H2,1-2H3/p+1/b21-15+. The number of thioether (sulfide) groups is 1. The number of carbonyl (C=O) groups is 2. The Morgan fingerprint density at radius 3 is 2.38 bits per heavy atom. The van der Waals surface area contributed by atoms with Crippen LogP contribution in [-0.2, 0) is 4.79 Å². The van der Waals surface area contributed by atoms with Crippen LogP contribution in [0.25, 0.3) is 11.8 Å². The minimum absolute atomic E-state index is 0.158. The van der Waals surface area contributed by atoms with Crippen LogP contribution in [0.1, 0.15) is 16.1 Å². The van der Waals surface area contributed by atoms with Crippen molar-refractivity contribution in [2.24, 2.45) is 4.99 Å². The van der Waals surface area contributed by atoms with E-state index >= 15 is 0 Å². The number of para-hydroxylation sites is 2. The molecule has 196 valence electrons. The Morgan fingerprint density at radius 2 is 1.69 bits per heavy atom. The number of amides is 1. The number of Topliss-reactive ketones (excluding diaryl/α,β-unsaturated/α-hetero) is 1. The highest BCUT2D eigenvalue weighted by molar-refractivity contribution is 8.14. The zero-order chi connectivity index (χ0) is 27.4. The first-order valence-corrected chi connectivity index (χ1v) is 12.8. The molecule has 5 rings (SSSR count). The lowest BCUT2D eigenvalue weighted by atomic mass is 10.1. The van der Waals surface area contributed by atoms with Gasteiger partial charge < -0.3 is 9.47 Å². The number of nitrogens with one attached hydrogen (secondary N) is 1. The van der Waals surface area contributed by atoms with Crippen molar-refractivity contribution < 1.29 is 28.3 Å². The van der Waals surface area contributed by atoms with Gasteiger partial charge in [0.25, 0.3) is 5.91 Å². The fourth-order valence-corrected chi connectivity index (χ4v) is 4.84. The second kappa shape index (κ2) is 11.2. The monoisotopic (exact) mass is 543 g/mol. The van der Waals surface area contributed by atoms with Crippen molar-refractivity contribution in [2.45, 2.75) is 0 Å². The smallest absolute Gasteiger partial charge is 0.438 e. The van der Waals surface area contributed by atoms with E-state index < -0.39 is 11.4 Å². The largest absolute Gasteiger partial charge is 0.493 e. The minimum Gasteiger partial charge on any atom is -0.493 e. The predicted octanol–water partition coefficient (Wildman–Crippen LogP) is 3.62. The van der Waals surface area contributed by atoms with E-state index in [0.717, 1.165) is 11.8 Å². The fraction of sp³-hybridized carbons (Fsp3) is 0.107. The van der Waals surface area contributed by atoms with Crippen LogP contribution < -0.4 is 24.7 Å². The molecule has 1 aliphatic rings. The summed E-state index contributed by atoms with van der Waals surface area (Å²) in [5.74, 6) is 0.0712. The van der Waals surface area contributed by atoms with Gasteiger partial charge in [-0.25, -0.2) is 9.79 Å². The molecule has 0 fully saturated rings. The number of hydrogen-bond donors (Lipinski definition) is 1. The van der Waals surface area contributed by atoms with Gasteiger partial charge in [0, 0.05) is 12.1 Å². The van der Waals surface area contributed by atoms with Crippen molar-refractivity contribution in [3.05, 3.63) is 106 Å². The number of anilines is 1. The number of H-pyrrole nitrogens is 1. The molecule has 2 heterocycles. The number of aliphatic imine (C=N–C) groups is 1. The SMILES string of the molecule is COc1ccc(/C=C2/N=C(SCC(=O)c3c(=O)o[nH][n+]3-c3ccccc3)N(c3ccccc3)C2=O)cc1OC. The molecular formula is C28H23N4O6S+. The molecule has 4 aromatic rings. The molecule has 0 bridgehead atoms. The number of methoxy groups -OCH3 is 2. The van der Waals surface area contributed by atoms with Crippen LogP contribution >= 0.6 is 11.8 Å². The van der Waals surface area contributed by atoms with Crippen molar-refractivity contribution in [3.8, 4) is 17.2 Å². The molecule has 0 saturated carbocycles. The lowest BCUT2D eigenvalue weighted by Gasteiger charge is -2.17. The van der Waals surface area contributed by atoms with E-state index in [1.54, 1.807) is 79.9 Å². The number of rotatable bonds is 8. The number of ether oxygens (including phenoxy) is 2. The summed E-state index contributed by atoms with van der Waals surface area (Å²) in [6, 6.07) is 23.1. The molecule has 0 saturated heterocycles. The van der Waals surface area contributed by atoms with E-state index in [1.165, 1.54) is 16.7 Å². The Hall–Kier alpha value is -4.90. The molecule has 0 atom stereocenters. The normalized spacial score (nSPS) is 14.0. The van der Waals surface area contributed by atoms with E-state index in [0.29, 0.717) is 33.6 Å². The molecule has 0 radical (unpaired) electrons. The zero-order valence-electron chi connectivity index (χ0n) is 21.0. The van der Waals surface area contributed by atoms with Gasteiger partial charge in [-0.05, 0) is 45.9 Å². The van der Waals surface area contributed by atoms with Crippen molar-refractivity contribution in [2.75, 3.05) is 24.9 Å². The zero-order valence-corrected chi connectivity index (χ0v) is 21.8. The lowest BCUT2D eigenvalue weighted by Crippen LogP contribution is -2.41. The van der Waals surface area contributed by atoms with Crippen LogP contribution in [0.5, 0.6) is 11.5 Å². The number of aromatic amines is 1. The Balaban J connectivity index is 1.45. The van der Waals surface area contributed by atoms with Gasteiger partial charge in [-0.15, -0.1) is 0 Å². The highest BCUT2D eigenvalue weighted by atomic mass is 32.2. The molecule has 39 heavy (non-hydrogen) atoms. The van der Waals surface area contributed by atoms with Gasteiger partial charge in [0.05, 0.1) is 25.7 Å². The van der Waals surface area contributed by atoms with Crippen LogP contribution in [0.4, 0.5) is 5.69 Å². The Kier molecular flexibility index (Phi) is 7.41. The number of aromatic nitrogens is 2. The molecule has 11 heteroatoms. The topological polar surface area (TPSA) is 118 Å². The number of benzene rings is 3. The molecule has 1 aliphatic heterocycles. The molecule has 3 aromatic carbocycles. The first-order valence-electron chi connectivity index (χ1n) is 11.8. The highest BCUT2D eigenvalue weighted by Crippen LogP contribution is 2.32. The number of nitrogens with zero attached hydrogens (tertiary/aromatic N) is 3. The summed E-state index contributed by atoms with van der Waals surface area (Å²) in [5.41, 5.74) is 1.08. The van der Waals surface area contributed by atoms with Gasteiger partial charge in [-0.2, -0.15) is 0 Å². The van der Waals surface area contributed by atoms with E-state index in [4.69, 9.17) is 14.0 Å². The van der Waals surface area contributed by atoms with Crippen LogP contribution in [0.15, 0.2) is 98.9 Å². The van der Waals surface area contributed by atoms with Gasteiger partial charge in [0.2, 0.25) is 11.5 Å². The predicted molar refractivity (Wildman–Crippen MR) is 147 cm³/mol. The summed E-state index contributed by atoms with van der Waals surface area (Å²) in [5, 5.41) is 2.77. The third-order valence-corrected chi connectivity index (χ3v) is 6.75. The molecule has 0 unspecified atom stereocenters. The number of hydrogen-bond acceptors (Lipinski definition) is 8. The van der Waals surface area contributed by atoms with E-state index in [2.05, 4.69) is 10.3 Å². The van der Waals surface area contributed by atoms with Gasteiger partial charge in [0.15, 0.2) is 16.7 Å². The van der Waals surface area contributed by atoms with Gasteiger partial charge >= 0.3 is 11.3 Å². The van der Waals surface area contributed by atoms with Gasteiger partial charge in [-0.3, -0.25) is 19.0 Å². The summed E-state index contributed by atoms with van der Waals surface area (Å²) in [7, 11) is 3.07. The maximum Gasteiger partial charge on any atom is 0.438 e. The van der Waals surface area contributed by atoms with Crippen molar-refractivity contribution >= 4 is 40.4 Å². The molecule has 10 nitrogen and oxygen atoms in total. The third kappa shape index (κ3) is 5.25. The highest BCUT2D eigenvalue weighted by Gasteiger charge is 2.35. The molecule has 0 spiro atoms. The lowest BCUT2D eigenvalue weighted by molar-refractivity contribution is -0.672. The van der Waals surface area contributed by atoms with E-state index in [9.17, 15) is 14.4 Å². The second-order valence-corrected chi connectivity index (χ2v) is 9.17. The van der Waals surface area contributed by atoms with Gasteiger partial charge in [0.1, 0.15) is 5.70 Å². The maximum atomic E-state index is 13.5. The second-order valence-electron chi connectivity index (χ2n) is 8.23. The fourth-order valence-electron chi connectivity index (χ4n) is 3.97. The summed E-state index contributed by atoms with van der Waals surface area (Å²) in [6.45, 7) is 0. The molecule has 1 N–H and O–H groups in total. The van der Waals surface area contributed by atoms with Crippen molar-refractivity contribution in [3.63, 3.8) is 0 Å². The molecule has 1 amide bonds. The molecule has 0 aliphatic carbocycles. The summed E-state index contributed by atoms with van der Waals surface area (Å²) in [6.07, 6.45) is 1.64. The molecular weight excluding hydrogens is 520 g/mol. The van der Waals surface area contributed by atoms with Crippen molar-refractivity contribution in [1.82, 2.24) is 5.27 Å². The number of ketones is 1. The Labute approximate surface area is 227 Å². The number of carbonyl (C=O) groups excluding carboxylic acids is 2. The molecule has 1 aromatic heterocycles. The summed E-state index contributed by atoms with van der Waals surface area (Å²) < 4.78 is 16.8. The first-order chi connectivity index (χ1) is 19.0. The number of amidine groups is 1. The minimum atomic E-state index is -0.789. The first kappa shape index (κ1) is 25.7. The third-order valence-electron chi connectivity index (χ3n) is 5.81. The van der Waals surface area contributed by atoms with E-state index in [-0.39, 0.29) is 23.1 Å². The van der Waals surface area contributed by atoms with Crippen LogP contribution in [-0.4, -0.2) is 42.1 Å². The average Bonchev–Trinajstić information content (AvgIpc) is 3.51.